The van der Waals surface area contributed by atoms with E-state index in [0.29, 0.717) is 5.56 Å². The predicted octanol–water partition coefficient (Wildman–Crippen LogP) is 1.20. The molecule has 0 atom stereocenters. The summed E-state index contributed by atoms with van der Waals surface area (Å²) < 4.78 is 0. The molecule has 0 fully saturated rings. The standard InChI is InChI=1S/C8H8N2O2/c1-4-5(2)10-7(8(11)12)6(4)3-9/h10H,1-2H3,(H,11,12). The van der Waals surface area contributed by atoms with Crippen LogP contribution in [0.4, 0.5) is 0 Å². The first kappa shape index (κ1) is 8.34. The van der Waals surface area contributed by atoms with Crippen LogP contribution in [0, 0.1) is 25.2 Å². The van der Waals surface area contributed by atoms with Crippen LogP contribution in [0.1, 0.15) is 27.3 Å². The van der Waals surface area contributed by atoms with E-state index in [9.17, 15) is 4.79 Å². The molecular weight excluding hydrogens is 156 g/mol. The summed E-state index contributed by atoms with van der Waals surface area (Å²) >= 11 is 0. The number of carbonyl (C=O) groups is 1. The molecule has 4 heteroatoms. The second-order valence-electron chi connectivity index (χ2n) is 2.54. The molecule has 0 aliphatic carbocycles. The lowest BCUT2D eigenvalue weighted by atomic mass is 10.1. The molecule has 0 saturated heterocycles. The molecule has 0 spiro atoms. The number of hydrogen-bond acceptors (Lipinski definition) is 2. The van der Waals surface area contributed by atoms with Gasteiger partial charge in [-0.05, 0) is 19.4 Å². The van der Waals surface area contributed by atoms with Gasteiger partial charge in [-0.3, -0.25) is 0 Å². The Labute approximate surface area is 69.4 Å². The minimum Gasteiger partial charge on any atom is -0.477 e. The van der Waals surface area contributed by atoms with Gasteiger partial charge >= 0.3 is 5.97 Å². The molecule has 0 aliphatic heterocycles. The third-order valence-corrected chi connectivity index (χ3v) is 1.83. The van der Waals surface area contributed by atoms with Crippen LogP contribution < -0.4 is 0 Å². The van der Waals surface area contributed by atoms with Gasteiger partial charge in [0, 0.05) is 5.69 Å². The van der Waals surface area contributed by atoms with Gasteiger partial charge in [-0.2, -0.15) is 5.26 Å². The van der Waals surface area contributed by atoms with Gasteiger partial charge in [0.25, 0.3) is 0 Å². The first-order chi connectivity index (χ1) is 5.57. The highest BCUT2D eigenvalue weighted by Crippen LogP contribution is 2.16. The summed E-state index contributed by atoms with van der Waals surface area (Å²) in [5.41, 5.74) is 1.63. The normalized spacial score (nSPS) is 9.42. The lowest BCUT2D eigenvalue weighted by Gasteiger charge is -1.87. The zero-order valence-corrected chi connectivity index (χ0v) is 6.80. The first-order valence-electron chi connectivity index (χ1n) is 3.40. The Morgan fingerprint density at radius 3 is 2.50 bits per heavy atom. The maximum Gasteiger partial charge on any atom is 0.353 e. The second kappa shape index (κ2) is 2.70. The average molecular weight is 164 g/mol. The van der Waals surface area contributed by atoms with Crippen LogP contribution in [0.3, 0.4) is 0 Å². The number of carboxylic acid groups (broad SMARTS) is 1. The van der Waals surface area contributed by atoms with Crippen molar-refractivity contribution in [2.75, 3.05) is 0 Å². The van der Waals surface area contributed by atoms with Crippen molar-refractivity contribution in [3.8, 4) is 6.07 Å². The van der Waals surface area contributed by atoms with E-state index in [0.717, 1.165) is 5.69 Å². The lowest BCUT2D eigenvalue weighted by molar-refractivity contribution is 0.0690. The molecule has 0 unspecified atom stereocenters. The van der Waals surface area contributed by atoms with Gasteiger partial charge in [0.05, 0.1) is 5.56 Å². The van der Waals surface area contributed by atoms with Gasteiger partial charge in [-0.1, -0.05) is 0 Å². The van der Waals surface area contributed by atoms with Crippen LogP contribution in [0.15, 0.2) is 0 Å². The van der Waals surface area contributed by atoms with E-state index in [1.54, 1.807) is 13.8 Å². The summed E-state index contributed by atoms with van der Waals surface area (Å²) in [6.07, 6.45) is 0. The van der Waals surface area contributed by atoms with Crippen LogP contribution >= 0.6 is 0 Å². The highest BCUT2D eigenvalue weighted by atomic mass is 16.4. The van der Waals surface area contributed by atoms with Gasteiger partial charge in [-0.15, -0.1) is 0 Å². The number of nitriles is 1. The summed E-state index contributed by atoms with van der Waals surface area (Å²) in [5.74, 6) is -1.09. The van der Waals surface area contributed by atoms with Gasteiger partial charge in [0.2, 0.25) is 0 Å². The third kappa shape index (κ3) is 1.05. The number of aromatic nitrogens is 1. The maximum absolute atomic E-state index is 10.6. The van der Waals surface area contributed by atoms with Gasteiger partial charge in [0.15, 0.2) is 0 Å². The fourth-order valence-electron chi connectivity index (χ4n) is 1.02. The van der Waals surface area contributed by atoms with E-state index in [2.05, 4.69) is 4.98 Å². The van der Waals surface area contributed by atoms with Crippen molar-refractivity contribution in [2.24, 2.45) is 0 Å². The molecular formula is C8H8N2O2. The maximum atomic E-state index is 10.6. The van der Waals surface area contributed by atoms with Crippen LogP contribution in [0.2, 0.25) is 0 Å². The third-order valence-electron chi connectivity index (χ3n) is 1.83. The number of aryl methyl sites for hydroxylation is 1. The molecule has 0 saturated carbocycles. The largest absolute Gasteiger partial charge is 0.477 e. The molecule has 62 valence electrons. The lowest BCUT2D eigenvalue weighted by Crippen LogP contribution is -1.99. The smallest absolute Gasteiger partial charge is 0.353 e. The SMILES string of the molecule is Cc1[nH]c(C(=O)O)c(C#N)c1C. The summed E-state index contributed by atoms with van der Waals surface area (Å²) in [4.78, 5) is 13.2. The zero-order valence-electron chi connectivity index (χ0n) is 6.80. The molecule has 1 aromatic heterocycles. The second-order valence-corrected chi connectivity index (χ2v) is 2.54. The Hall–Kier alpha value is -1.76. The van der Waals surface area contributed by atoms with E-state index in [1.807, 2.05) is 6.07 Å². The van der Waals surface area contributed by atoms with E-state index in [4.69, 9.17) is 10.4 Å². The average Bonchev–Trinajstić information content (AvgIpc) is 2.29. The minimum absolute atomic E-state index is 0.0208. The van der Waals surface area contributed by atoms with Crippen molar-refractivity contribution in [2.45, 2.75) is 13.8 Å². The predicted molar refractivity (Wildman–Crippen MR) is 41.9 cm³/mol. The van der Waals surface area contributed by atoms with Crippen molar-refractivity contribution in [3.63, 3.8) is 0 Å². The number of carboxylic acids is 1. The Morgan fingerprint density at radius 1 is 1.58 bits per heavy atom. The van der Waals surface area contributed by atoms with Crippen LogP contribution in [0.5, 0.6) is 0 Å². The highest BCUT2D eigenvalue weighted by Gasteiger charge is 2.16. The number of rotatable bonds is 1. The molecule has 0 aliphatic rings. The van der Waals surface area contributed by atoms with Gasteiger partial charge in [-0.25, -0.2) is 4.79 Å². The molecule has 4 nitrogen and oxygen atoms in total. The number of nitrogens with zero attached hydrogens (tertiary/aromatic N) is 1. The van der Waals surface area contributed by atoms with E-state index in [-0.39, 0.29) is 11.3 Å². The topological polar surface area (TPSA) is 76.9 Å². The number of nitrogens with one attached hydrogen (secondary N) is 1. The van der Waals surface area contributed by atoms with Gasteiger partial charge in [0.1, 0.15) is 11.8 Å². The molecule has 1 rings (SSSR count). The van der Waals surface area contributed by atoms with Crippen molar-refractivity contribution in [1.82, 2.24) is 4.98 Å². The fourth-order valence-corrected chi connectivity index (χ4v) is 1.02. The molecule has 1 heterocycles. The van der Waals surface area contributed by atoms with E-state index >= 15 is 0 Å². The Bertz CT molecular complexity index is 371. The van der Waals surface area contributed by atoms with E-state index < -0.39 is 5.97 Å². The summed E-state index contributed by atoms with van der Waals surface area (Å²) in [7, 11) is 0. The molecule has 0 amide bonds. The minimum atomic E-state index is -1.09. The number of H-pyrrole nitrogens is 1. The number of aromatic carboxylic acids is 1. The Morgan fingerprint density at radius 2 is 2.17 bits per heavy atom. The zero-order chi connectivity index (χ0) is 9.30. The monoisotopic (exact) mass is 164 g/mol. The van der Waals surface area contributed by atoms with Crippen LogP contribution in [0.25, 0.3) is 0 Å². The summed E-state index contributed by atoms with van der Waals surface area (Å²) in [6, 6.07) is 1.85. The molecule has 1 aromatic rings. The molecule has 2 N–H and O–H groups in total. The Kier molecular flexibility index (Phi) is 1.88. The van der Waals surface area contributed by atoms with E-state index in [1.165, 1.54) is 0 Å². The van der Waals surface area contributed by atoms with Crippen molar-refractivity contribution < 1.29 is 9.90 Å². The van der Waals surface area contributed by atoms with Crippen LogP contribution in [-0.2, 0) is 0 Å². The molecule has 0 bridgehead atoms. The van der Waals surface area contributed by atoms with Crippen molar-refractivity contribution >= 4 is 5.97 Å². The number of aromatic amines is 1. The first-order valence-corrected chi connectivity index (χ1v) is 3.40. The summed E-state index contributed by atoms with van der Waals surface area (Å²) in [6.45, 7) is 3.46. The van der Waals surface area contributed by atoms with Crippen molar-refractivity contribution in [3.05, 3.63) is 22.5 Å². The van der Waals surface area contributed by atoms with Gasteiger partial charge < -0.3 is 10.1 Å². The van der Waals surface area contributed by atoms with Crippen LogP contribution in [-0.4, -0.2) is 16.1 Å². The van der Waals surface area contributed by atoms with Crippen molar-refractivity contribution in [1.29, 1.82) is 5.26 Å². The highest BCUT2D eigenvalue weighted by molar-refractivity contribution is 5.89. The molecule has 0 radical (unpaired) electrons. The quantitative estimate of drug-likeness (QED) is 0.654. The fraction of sp³-hybridized carbons (Fsp3) is 0.250. The Balaban J connectivity index is 3.42. The molecule has 0 aromatic carbocycles. The summed E-state index contributed by atoms with van der Waals surface area (Å²) in [5, 5.41) is 17.3. The number of hydrogen-bond donors (Lipinski definition) is 2. The molecule has 12 heavy (non-hydrogen) atoms.